The summed E-state index contributed by atoms with van der Waals surface area (Å²) < 4.78 is 0. The Morgan fingerprint density at radius 3 is 2.76 bits per heavy atom. The lowest BCUT2D eigenvalue weighted by Crippen LogP contribution is -2.36. The van der Waals surface area contributed by atoms with E-state index >= 15 is 0 Å². The molecule has 0 unspecified atom stereocenters. The molecule has 3 rings (SSSR count). The van der Waals surface area contributed by atoms with Crippen molar-refractivity contribution in [1.29, 1.82) is 0 Å². The third-order valence-corrected chi connectivity index (χ3v) is 5.23. The topological polar surface area (TPSA) is 45.2 Å². The zero-order valence-corrected chi connectivity index (χ0v) is 15.1. The zero-order chi connectivity index (χ0) is 17.6. The summed E-state index contributed by atoms with van der Waals surface area (Å²) >= 11 is 0. The summed E-state index contributed by atoms with van der Waals surface area (Å²) in [5.41, 5.74) is 2.73. The maximum absolute atomic E-state index is 12.1. The number of likely N-dealkylation sites (tertiary alicyclic amines) is 1. The summed E-state index contributed by atoms with van der Waals surface area (Å²) in [7, 11) is 2.21. The fraction of sp³-hybridized carbons (Fsp3) is 0.429. The van der Waals surface area contributed by atoms with Crippen LogP contribution in [-0.2, 0) is 6.42 Å². The number of hydrogen-bond donors (Lipinski definition) is 1. The van der Waals surface area contributed by atoms with Gasteiger partial charge in [0.2, 0.25) is 0 Å². The number of amides is 1. The predicted octanol–water partition coefficient (Wildman–Crippen LogP) is 3.85. The number of rotatable bonds is 5. The van der Waals surface area contributed by atoms with Crippen LogP contribution in [0.1, 0.15) is 35.7 Å². The first-order valence-corrected chi connectivity index (χ1v) is 9.10. The lowest BCUT2D eigenvalue weighted by atomic mass is 9.83. The molecule has 0 spiro atoms. The Morgan fingerprint density at radius 2 is 2.08 bits per heavy atom. The first kappa shape index (κ1) is 17.6. The number of piperidine rings is 1. The van der Waals surface area contributed by atoms with E-state index in [0.29, 0.717) is 5.56 Å². The first-order chi connectivity index (χ1) is 12.1. The van der Waals surface area contributed by atoms with Crippen molar-refractivity contribution in [2.24, 2.45) is 11.8 Å². The molecule has 0 aliphatic carbocycles. The molecule has 2 aromatic rings. The number of pyridine rings is 1. The minimum Gasteiger partial charge on any atom is -0.322 e. The van der Waals surface area contributed by atoms with E-state index in [-0.39, 0.29) is 5.91 Å². The van der Waals surface area contributed by atoms with Gasteiger partial charge >= 0.3 is 0 Å². The molecule has 0 radical (unpaired) electrons. The Kier molecular flexibility index (Phi) is 5.82. The second-order valence-electron chi connectivity index (χ2n) is 7.22. The molecule has 4 nitrogen and oxygen atoms in total. The van der Waals surface area contributed by atoms with Gasteiger partial charge in [-0.2, -0.15) is 0 Å². The van der Waals surface area contributed by atoms with Gasteiger partial charge in [-0.15, -0.1) is 0 Å². The van der Waals surface area contributed by atoms with E-state index in [1.54, 1.807) is 24.5 Å². The molecule has 1 aromatic carbocycles. The number of aromatic nitrogens is 1. The SMILES string of the molecule is C[C@H]1CN(C)CC[C@@H]1CCc1ccc(NC(=O)c2cccnc2)cc1. The van der Waals surface area contributed by atoms with Crippen LogP contribution in [0.3, 0.4) is 0 Å². The molecule has 0 bridgehead atoms. The minimum absolute atomic E-state index is 0.124. The monoisotopic (exact) mass is 337 g/mol. The van der Waals surface area contributed by atoms with E-state index in [1.807, 2.05) is 12.1 Å². The van der Waals surface area contributed by atoms with E-state index in [2.05, 4.69) is 41.3 Å². The van der Waals surface area contributed by atoms with Crippen molar-refractivity contribution in [1.82, 2.24) is 9.88 Å². The second-order valence-corrected chi connectivity index (χ2v) is 7.22. The van der Waals surface area contributed by atoms with Crippen LogP contribution in [-0.4, -0.2) is 35.9 Å². The smallest absolute Gasteiger partial charge is 0.257 e. The fourth-order valence-corrected chi connectivity index (χ4v) is 3.64. The quantitative estimate of drug-likeness (QED) is 0.901. The predicted molar refractivity (Wildman–Crippen MR) is 102 cm³/mol. The van der Waals surface area contributed by atoms with Crippen molar-refractivity contribution in [3.8, 4) is 0 Å². The summed E-state index contributed by atoms with van der Waals surface area (Å²) in [5.74, 6) is 1.47. The van der Waals surface area contributed by atoms with Crippen molar-refractivity contribution >= 4 is 11.6 Å². The Labute approximate surface area is 150 Å². The molecular weight excluding hydrogens is 310 g/mol. The molecule has 1 saturated heterocycles. The zero-order valence-electron chi connectivity index (χ0n) is 15.1. The Morgan fingerprint density at radius 1 is 1.28 bits per heavy atom. The fourth-order valence-electron chi connectivity index (χ4n) is 3.64. The lowest BCUT2D eigenvalue weighted by molar-refractivity contribution is 0.102. The lowest BCUT2D eigenvalue weighted by Gasteiger charge is -2.34. The second kappa shape index (κ2) is 8.26. The van der Waals surface area contributed by atoms with Crippen LogP contribution in [0.2, 0.25) is 0 Å². The normalized spacial score (nSPS) is 21.0. The van der Waals surface area contributed by atoms with Gasteiger partial charge in [-0.25, -0.2) is 0 Å². The number of carbonyl (C=O) groups is 1. The van der Waals surface area contributed by atoms with E-state index in [0.717, 1.165) is 23.9 Å². The molecule has 1 aliphatic rings. The maximum Gasteiger partial charge on any atom is 0.257 e. The molecule has 1 fully saturated rings. The number of carbonyl (C=O) groups excluding carboxylic acids is 1. The number of nitrogens with zero attached hydrogens (tertiary/aromatic N) is 2. The minimum atomic E-state index is -0.124. The molecule has 1 N–H and O–H groups in total. The molecule has 1 aliphatic heterocycles. The summed E-state index contributed by atoms with van der Waals surface area (Å²) in [6.45, 7) is 4.80. The molecule has 2 heterocycles. The van der Waals surface area contributed by atoms with Gasteiger partial charge in [0.1, 0.15) is 0 Å². The third kappa shape index (κ3) is 4.89. The van der Waals surface area contributed by atoms with Crippen LogP contribution in [0.15, 0.2) is 48.8 Å². The van der Waals surface area contributed by atoms with Gasteiger partial charge in [-0.05, 0) is 74.5 Å². The van der Waals surface area contributed by atoms with Crippen LogP contribution in [0.5, 0.6) is 0 Å². The van der Waals surface area contributed by atoms with Crippen LogP contribution < -0.4 is 5.32 Å². The van der Waals surface area contributed by atoms with Crippen LogP contribution in [0.25, 0.3) is 0 Å². The van der Waals surface area contributed by atoms with Gasteiger partial charge in [-0.3, -0.25) is 9.78 Å². The molecule has 1 aromatic heterocycles. The highest BCUT2D eigenvalue weighted by atomic mass is 16.1. The van der Waals surface area contributed by atoms with Crippen LogP contribution in [0.4, 0.5) is 5.69 Å². The highest BCUT2D eigenvalue weighted by Crippen LogP contribution is 2.27. The van der Waals surface area contributed by atoms with Gasteiger partial charge in [0, 0.05) is 24.6 Å². The van der Waals surface area contributed by atoms with Crippen molar-refractivity contribution < 1.29 is 4.79 Å². The molecule has 2 atom stereocenters. The van der Waals surface area contributed by atoms with E-state index in [1.165, 1.54) is 31.5 Å². The number of aryl methyl sites for hydroxylation is 1. The maximum atomic E-state index is 12.1. The molecule has 132 valence electrons. The van der Waals surface area contributed by atoms with Gasteiger partial charge < -0.3 is 10.2 Å². The molecular formula is C21H27N3O. The van der Waals surface area contributed by atoms with Crippen molar-refractivity contribution in [3.05, 3.63) is 59.9 Å². The van der Waals surface area contributed by atoms with Gasteiger partial charge in [-0.1, -0.05) is 19.1 Å². The van der Waals surface area contributed by atoms with Gasteiger partial charge in [0.25, 0.3) is 5.91 Å². The molecule has 1 amide bonds. The number of anilines is 1. The van der Waals surface area contributed by atoms with Crippen LogP contribution in [0, 0.1) is 11.8 Å². The van der Waals surface area contributed by atoms with Gasteiger partial charge in [0.15, 0.2) is 0 Å². The van der Waals surface area contributed by atoms with E-state index in [9.17, 15) is 4.79 Å². The Bertz CT molecular complexity index is 684. The number of hydrogen-bond acceptors (Lipinski definition) is 3. The highest BCUT2D eigenvalue weighted by molar-refractivity contribution is 6.03. The summed E-state index contributed by atoms with van der Waals surface area (Å²) in [6.07, 6.45) is 6.89. The van der Waals surface area contributed by atoms with Gasteiger partial charge in [0.05, 0.1) is 5.56 Å². The average Bonchev–Trinajstić information content (AvgIpc) is 2.63. The summed E-state index contributed by atoms with van der Waals surface area (Å²) in [4.78, 5) is 18.5. The molecule has 4 heteroatoms. The van der Waals surface area contributed by atoms with Crippen molar-refractivity contribution in [2.75, 3.05) is 25.5 Å². The van der Waals surface area contributed by atoms with Crippen molar-refractivity contribution in [2.45, 2.75) is 26.2 Å². The standard InChI is InChI=1S/C21H27N3O/c1-16-15-24(2)13-11-18(16)8-5-17-6-9-20(10-7-17)23-21(25)19-4-3-12-22-14-19/h3-4,6-7,9-10,12,14,16,18H,5,8,11,13,15H2,1-2H3,(H,23,25)/t16-,18-/m0/s1. The highest BCUT2D eigenvalue weighted by Gasteiger charge is 2.23. The number of nitrogens with one attached hydrogen (secondary N) is 1. The third-order valence-electron chi connectivity index (χ3n) is 5.23. The summed E-state index contributed by atoms with van der Waals surface area (Å²) in [5, 5.41) is 2.92. The molecule has 0 saturated carbocycles. The average molecular weight is 337 g/mol. The number of benzene rings is 1. The largest absolute Gasteiger partial charge is 0.322 e. The first-order valence-electron chi connectivity index (χ1n) is 9.10. The Balaban J connectivity index is 1.51. The van der Waals surface area contributed by atoms with E-state index < -0.39 is 0 Å². The van der Waals surface area contributed by atoms with Crippen molar-refractivity contribution in [3.63, 3.8) is 0 Å². The Hall–Kier alpha value is -2.20. The molecule has 25 heavy (non-hydrogen) atoms. The van der Waals surface area contributed by atoms with E-state index in [4.69, 9.17) is 0 Å². The van der Waals surface area contributed by atoms with Crippen LogP contribution >= 0.6 is 0 Å². The summed E-state index contributed by atoms with van der Waals surface area (Å²) in [6, 6.07) is 11.8.